The van der Waals surface area contributed by atoms with E-state index in [1.165, 1.54) is 16.0 Å². The molecule has 0 radical (unpaired) electrons. The summed E-state index contributed by atoms with van der Waals surface area (Å²) in [5.74, 6) is 1.14. The Kier molecular flexibility index (Phi) is 4.23. The van der Waals surface area contributed by atoms with E-state index in [1.54, 1.807) is 18.9 Å². The molecule has 0 N–H and O–H groups in total. The lowest BCUT2D eigenvalue weighted by Crippen LogP contribution is -2.37. The normalized spacial score (nSPS) is 22.5. The van der Waals surface area contributed by atoms with Gasteiger partial charge in [-0.2, -0.15) is 0 Å². The molecule has 0 aromatic heterocycles. The van der Waals surface area contributed by atoms with Gasteiger partial charge >= 0.3 is 0 Å². The number of likely N-dealkylation sites (tertiary alicyclic amines) is 1. The monoisotopic (exact) mass is 339 g/mol. The maximum absolute atomic E-state index is 13.1. The summed E-state index contributed by atoms with van der Waals surface area (Å²) in [4.78, 5) is 16.5. The van der Waals surface area contributed by atoms with Crippen LogP contribution in [0.2, 0.25) is 0 Å². The van der Waals surface area contributed by atoms with E-state index in [2.05, 4.69) is 35.2 Å². The van der Waals surface area contributed by atoms with Crippen molar-refractivity contribution in [1.29, 1.82) is 0 Å². The van der Waals surface area contributed by atoms with Gasteiger partial charge in [-0.3, -0.25) is 4.79 Å². The van der Waals surface area contributed by atoms with Crippen molar-refractivity contribution < 1.29 is 9.53 Å². The summed E-state index contributed by atoms with van der Waals surface area (Å²) < 4.78 is 5.34. The lowest BCUT2D eigenvalue weighted by atomic mass is 10.0. The first-order valence-electron chi connectivity index (χ1n) is 8.45. The first kappa shape index (κ1) is 15.6. The van der Waals surface area contributed by atoms with E-state index in [-0.39, 0.29) is 17.2 Å². The molecule has 1 saturated heterocycles. The number of thioether (sulfide) groups is 1. The highest BCUT2D eigenvalue weighted by Gasteiger charge is 2.37. The second kappa shape index (κ2) is 6.52. The number of nitrogens with zero attached hydrogens (tertiary/aromatic N) is 1. The number of carbonyl (C=O) groups excluding carboxylic acids is 1. The Morgan fingerprint density at radius 1 is 1.21 bits per heavy atom. The summed E-state index contributed by atoms with van der Waals surface area (Å²) in [5.41, 5.74) is 2.48. The van der Waals surface area contributed by atoms with Gasteiger partial charge in [0.05, 0.1) is 18.4 Å². The van der Waals surface area contributed by atoms with Gasteiger partial charge in [0.15, 0.2) is 0 Å². The van der Waals surface area contributed by atoms with Crippen LogP contribution in [0, 0.1) is 0 Å². The molecule has 2 aromatic carbocycles. The third-order valence-electron chi connectivity index (χ3n) is 4.94. The van der Waals surface area contributed by atoms with E-state index < -0.39 is 0 Å². The minimum absolute atomic E-state index is 0.0219. The van der Waals surface area contributed by atoms with Gasteiger partial charge < -0.3 is 9.64 Å². The minimum Gasteiger partial charge on any atom is -0.497 e. The molecule has 0 bridgehead atoms. The maximum Gasteiger partial charge on any atom is 0.236 e. The molecule has 2 aliphatic rings. The van der Waals surface area contributed by atoms with Crippen LogP contribution in [0.25, 0.3) is 0 Å². The average Bonchev–Trinajstić information content (AvgIpc) is 3.28. The highest BCUT2D eigenvalue weighted by atomic mass is 32.2. The molecule has 0 saturated carbocycles. The molecule has 1 amide bonds. The molecule has 1 fully saturated rings. The zero-order valence-corrected chi connectivity index (χ0v) is 14.6. The second-order valence-electron chi connectivity index (χ2n) is 6.38. The van der Waals surface area contributed by atoms with Crippen molar-refractivity contribution in [3.05, 3.63) is 59.7 Å². The number of hydrogen-bond donors (Lipinski definition) is 0. The molecule has 2 aromatic rings. The Balaban J connectivity index is 1.54. The summed E-state index contributed by atoms with van der Waals surface area (Å²) in [6, 6.07) is 16.7. The van der Waals surface area contributed by atoms with Gasteiger partial charge in [-0.05, 0) is 48.6 Å². The number of ether oxygens (including phenoxy) is 1. The molecule has 2 heterocycles. The van der Waals surface area contributed by atoms with Gasteiger partial charge in [-0.1, -0.05) is 30.3 Å². The number of methoxy groups -OCH3 is 1. The smallest absolute Gasteiger partial charge is 0.236 e. The Hall–Kier alpha value is -1.94. The Morgan fingerprint density at radius 2 is 2.08 bits per heavy atom. The molecule has 0 spiro atoms. The first-order chi connectivity index (χ1) is 11.8. The number of amides is 1. The number of rotatable bonds is 3. The minimum atomic E-state index is 0.0219. The van der Waals surface area contributed by atoms with E-state index in [0.29, 0.717) is 0 Å². The van der Waals surface area contributed by atoms with Crippen LogP contribution in [-0.4, -0.2) is 29.7 Å². The lowest BCUT2D eigenvalue weighted by molar-refractivity contribution is -0.131. The van der Waals surface area contributed by atoms with Crippen LogP contribution in [0.3, 0.4) is 0 Å². The molecule has 4 heteroatoms. The Labute approximate surface area is 147 Å². The van der Waals surface area contributed by atoms with Crippen molar-refractivity contribution >= 4 is 17.7 Å². The molecule has 24 heavy (non-hydrogen) atoms. The van der Waals surface area contributed by atoms with Crippen molar-refractivity contribution in [1.82, 2.24) is 4.90 Å². The summed E-state index contributed by atoms with van der Waals surface area (Å²) in [7, 11) is 1.68. The number of carbonyl (C=O) groups is 1. The van der Waals surface area contributed by atoms with Gasteiger partial charge in [0.25, 0.3) is 0 Å². The zero-order chi connectivity index (χ0) is 16.5. The highest BCUT2D eigenvalue weighted by molar-refractivity contribution is 8.01. The zero-order valence-electron chi connectivity index (χ0n) is 13.8. The predicted molar refractivity (Wildman–Crippen MR) is 96.5 cm³/mol. The summed E-state index contributed by atoms with van der Waals surface area (Å²) in [5, 5.41) is 0.0219. The molecule has 2 aliphatic heterocycles. The number of benzene rings is 2. The topological polar surface area (TPSA) is 29.5 Å². The van der Waals surface area contributed by atoms with E-state index >= 15 is 0 Å². The third-order valence-corrected chi connectivity index (χ3v) is 6.24. The van der Waals surface area contributed by atoms with Crippen molar-refractivity contribution in [2.45, 2.75) is 35.4 Å². The molecule has 2 unspecified atom stereocenters. The first-order valence-corrected chi connectivity index (χ1v) is 9.33. The third kappa shape index (κ3) is 2.80. The SMILES string of the molecule is COc1cccc(C2CCCN2C(=O)C2Cc3ccccc3S2)c1. The molecular formula is C20H21NO2S. The molecular weight excluding hydrogens is 318 g/mol. The summed E-state index contributed by atoms with van der Waals surface area (Å²) in [6.07, 6.45) is 2.95. The molecule has 2 atom stereocenters. The van der Waals surface area contributed by atoms with Gasteiger partial charge in [0, 0.05) is 11.4 Å². The van der Waals surface area contributed by atoms with Crippen LogP contribution in [0.5, 0.6) is 5.75 Å². The fraction of sp³-hybridized carbons (Fsp3) is 0.350. The average molecular weight is 339 g/mol. The van der Waals surface area contributed by atoms with Crippen molar-refractivity contribution in [3.63, 3.8) is 0 Å². The largest absolute Gasteiger partial charge is 0.497 e. The van der Waals surface area contributed by atoms with Crippen LogP contribution in [0.4, 0.5) is 0 Å². The highest BCUT2D eigenvalue weighted by Crippen LogP contribution is 2.41. The van der Waals surface area contributed by atoms with E-state index in [1.807, 2.05) is 18.2 Å². The Bertz CT molecular complexity index is 736. The number of fused-ring (bicyclic) bond motifs is 1. The molecule has 4 rings (SSSR count). The van der Waals surface area contributed by atoms with Gasteiger partial charge in [-0.25, -0.2) is 0 Å². The fourth-order valence-corrected chi connectivity index (χ4v) is 5.00. The van der Waals surface area contributed by atoms with Crippen LogP contribution < -0.4 is 4.74 Å². The molecule has 0 aliphatic carbocycles. The number of hydrogen-bond acceptors (Lipinski definition) is 3. The van der Waals surface area contributed by atoms with Gasteiger partial charge in [0.1, 0.15) is 5.75 Å². The van der Waals surface area contributed by atoms with Gasteiger partial charge in [-0.15, -0.1) is 11.8 Å². The quantitative estimate of drug-likeness (QED) is 0.844. The summed E-state index contributed by atoms with van der Waals surface area (Å²) >= 11 is 1.72. The van der Waals surface area contributed by atoms with E-state index in [9.17, 15) is 4.79 Å². The Morgan fingerprint density at radius 3 is 2.92 bits per heavy atom. The van der Waals surface area contributed by atoms with Crippen molar-refractivity contribution in [3.8, 4) is 5.75 Å². The van der Waals surface area contributed by atoms with Crippen molar-refractivity contribution in [2.75, 3.05) is 13.7 Å². The van der Waals surface area contributed by atoms with Gasteiger partial charge in [0.2, 0.25) is 5.91 Å². The van der Waals surface area contributed by atoms with E-state index in [4.69, 9.17) is 4.74 Å². The van der Waals surface area contributed by atoms with Crippen LogP contribution in [-0.2, 0) is 11.2 Å². The predicted octanol–water partition coefficient (Wildman–Crippen LogP) is 4.08. The van der Waals surface area contributed by atoms with Crippen LogP contribution in [0.1, 0.15) is 30.0 Å². The van der Waals surface area contributed by atoms with Crippen molar-refractivity contribution in [2.24, 2.45) is 0 Å². The van der Waals surface area contributed by atoms with Crippen LogP contribution >= 0.6 is 11.8 Å². The standard InChI is InChI=1S/C20H21NO2S/c1-23-16-8-4-7-14(12-16)17-9-5-11-21(17)20(22)19-13-15-6-2-3-10-18(15)24-19/h2-4,6-8,10,12,17,19H,5,9,11,13H2,1H3. The summed E-state index contributed by atoms with van der Waals surface area (Å²) in [6.45, 7) is 0.855. The maximum atomic E-state index is 13.1. The molecule has 3 nitrogen and oxygen atoms in total. The lowest BCUT2D eigenvalue weighted by Gasteiger charge is -2.27. The van der Waals surface area contributed by atoms with E-state index in [0.717, 1.165) is 31.6 Å². The fourth-order valence-electron chi connectivity index (χ4n) is 3.73. The second-order valence-corrected chi connectivity index (χ2v) is 7.63. The van der Waals surface area contributed by atoms with Crippen LogP contribution in [0.15, 0.2) is 53.4 Å². The molecule has 124 valence electrons.